The van der Waals surface area contributed by atoms with Crippen molar-refractivity contribution in [1.29, 1.82) is 0 Å². The van der Waals surface area contributed by atoms with Gasteiger partial charge in [-0.05, 0) is 30.7 Å². The molecule has 7 heteroatoms. The van der Waals surface area contributed by atoms with E-state index in [2.05, 4.69) is 20.5 Å². The summed E-state index contributed by atoms with van der Waals surface area (Å²) in [7, 11) is 0. The molecule has 2 N–H and O–H groups in total. The third-order valence-electron chi connectivity index (χ3n) is 2.14. The number of aromatic amines is 1. The molecule has 1 aromatic heterocycles. The van der Waals surface area contributed by atoms with Crippen LogP contribution in [0.15, 0.2) is 34.2 Å². The van der Waals surface area contributed by atoms with E-state index in [4.69, 9.17) is 23.2 Å². The minimum atomic E-state index is -0.240. The van der Waals surface area contributed by atoms with Crippen molar-refractivity contribution < 1.29 is 0 Å². The van der Waals surface area contributed by atoms with Gasteiger partial charge in [-0.15, -0.1) is 0 Å². The van der Waals surface area contributed by atoms with Crippen molar-refractivity contribution in [2.75, 3.05) is 5.43 Å². The number of hydrogen-bond acceptors (Lipinski definition) is 4. The second-order valence-corrected chi connectivity index (χ2v) is 4.68. The predicted molar refractivity (Wildman–Crippen MR) is 77.3 cm³/mol. The molecule has 98 valence electrons. The number of hydrazone groups is 1. The Morgan fingerprint density at radius 3 is 2.58 bits per heavy atom. The van der Waals surface area contributed by atoms with Crippen LogP contribution in [0.4, 0.5) is 5.95 Å². The number of nitrogens with one attached hydrogen (secondary N) is 2. The molecule has 0 saturated heterocycles. The standard InChI is InChI=1S/C12H10Cl2N4O/c1-7-2-11(19)17-12(16-7)18-15-6-8-3-9(13)5-10(14)4-8/h2-6H,1H3,(H2,16,17,18,19)/b15-6-. The molecule has 0 atom stereocenters. The Labute approximate surface area is 119 Å². The maximum absolute atomic E-state index is 11.2. The minimum Gasteiger partial charge on any atom is -0.291 e. The van der Waals surface area contributed by atoms with E-state index in [0.717, 1.165) is 5.56 Å². The number of rotatable bonds is 3. The highest BCUT2D eigenvalue weighted by Gasteiger charge is 1.97. The average molecular weight is 297 g/mol. The molecule has 0 fully saturated rings. The minimum absolute atomic E-state index is 0.240. The van der Waals surface area contributed by atoms with Gasteiger partial charge in [0, 0.05) is 21.8 Å². The Morgan fingerprint density at radius 2 is 1.95 bits per heavy atom. The molecule has 0 saturated carbocycles. The zero-order valence-corrected chi connectivity index (χ0v) is 11.5. The summed E-state index contributed by atoms with van der Waals surface area (Å²) in [5.41, 5.74) is 3.73. The van der Waals surface area contributed by atoms with Crippen molar-refractivity contribution in [3.8, 4) is 0 Å². The molecule has 0 bridgehead atoms. The Balaban J connectivity index is 2.13. The van der Waals surface area contributed by atoms with Gasteiger partial charge in [0.05, 0.1) is 6.21 Å². The van der Waals surface area contributed by atoms with Crippen LogP contribution in [0.3, 0.4) is 0 Å². The molecular formula is C12H10Cl2N4O. The fourth-order valence-corrected chi connectivity index (χ4v) is 1.99. The van der Waals surface area contributed by atoms with Crippen molar-refractivity contribution in [2.24, 2.45) is 5.10 Å². The van der Waals surface area contributed by atoms with Gasteiger partial charge in [0.2, 0.25) is 5.95 Å². The van der Waals surface area contributed by atoms with E-state index >= 15 is 0 Å². The van der Waals surface area contributed by atoms with Gasteiger partial charge < -0.3 is 0 Å². The molecule has 1 heterocycles. The Kier molecular flexibility index (Phi) is 4.19. The van der Waals surface area contributed by atoms with Crippen LogP contribution < -0.4 is 11.0 Å². The van der Waals surface area contributed by atoms with Gasteiger partial charge in [0.25, 0.3) is 5.56 Å². The van der Waals surface area contributed by atoms with Crippen LogP contribution in [0.1, 0.15) is 11.3 Å². The zero-order chi connectivity index (χ0) is 13.8. The summed E-state index contributed by atoms with van der Waals surface area (Å²) < 4.78 is 0. The lowest BCUT2D eigenvalue weighted by atomic mass is 10.2. The van der Waals surface area contributed by atoms with E-state index in [9.17, 15) is 4.79 Å². The SMILES string of the molecule is Cc1cc(=O)[nH]c(N/N=C\c2cc(Cl)cc(Cl)c2)n1. The number of nitrogens with zero attached hydrogens (tertiary/aromatic N) is 2. The van der Waals surface area contributed by atoms with E-state index in [1.165, 1.54) is 12.3 Å². The van der Waals surface area contributed by atoms with Crippen LogP contribution in [0.25, 0.3) is 0 Å². The van der Waals surface area contributed by atoms with Crippen LogP contribution in [0.2, 0.25) is 10.0 Å². The Hall–Kier alpha value is -1.85. The lowest BCUT2D eigenvalue weighted by Crippen LogP contribution is -2.10. The van der Waals surface area contributed by atoms with Gasteiger partial charge in [0.15, 0.2) is 0 Å². The van der Waals surface area contributed by atoms with Crippen LogP contribution in [0.5, 0.6) is 0 Å². The first-order chi connectivity index (χ1) is 9.02. The summed E-state index contributed by atoms with van der Waals surface area (Å²) in [6, 6.07) is 6.45. The van der Waals surface area contributed by atoms with E-state index in [-0.39, 0.29) is 11.5 Å². The summed E-state index contributed by atoms with van der Waals surface area (Å²) in [5, 5.41) is 5.00. The molecule has 0 aliphatic heterocycles. The molecule has 0 aliphatic carbocycles. The van der Waals surface area contributed by atoms with E-state index in [1.807, 2.05) is 0 Å². The van der Waals surface area contributed by atoms with Crippen molar-refractivity contribution in [1.82, 2.24) is 9.97 Å². The first-order valence-electron chi connectivity index (χ1n) is 5.36. The molecule has 0 aliphatic rings. The van der Waals surface area contributed by atoms with Crippen LogP contribution in [-0.2, 0) is 0 Å². The quantitative estimate of drug-likeness (QED) is 0.676. The van der Waals surface area contributed by atoms with E-state index in [1.54, 1.807) is 25.1 Å². The molecule has 1 aromatic carbocycles. The Bertz CT molecular complexity index is 661. The highest BCUT2D eigenvalue weighted by atomic mass is 35.5. The molecule has 0 spiro atoms. The molecular weight excluding hydrogens is 287 g/mol. The highest BCUT2D eigenvalue weighted by molar-refractivity contribution is 6.35. The number of benzene rings is 1. The second-order valence-electron chi connectivity index (χ2n) is 3.81. The molecule has 2 aromatic rings. The number of aromatic nitrogens is 2. The number of aryl methyl sites for hydroxylation is 1. The summed E-state index contributed by atoms with van der Waals surface area (Å²) >= 11 is 11.7. The maximum atomic E-state index is 11.2. The normalized spacial score (nSPS) is 10.9. The summed E-state index contributed by atoms with van der Waals surface area (Å²) in [6.07, 6.45) is 1.53. The van der Waals surface area contributed by atoms with Crippen molar-refractivity contribution >= 4 is 35.4 Å². The van der Waals surface area contributed by atoms with E-state index < -0.39 is 0 Å². The topological polar surface area (TPSA) is 70.1 Å². The third-order valence-corrected chi connectivity index (χ3v) is 2.58. The van der Waals surface area contributed by atoms with Gasteiger partial charge in [-0.3, -0.25) is 9.78 Å². The summed E-state index contributed by atoms with van der Waals surface area (Å²) in [5.74, 6) is 0.273. The Morgan fingerprint density at radius 1 is 1.26 bits per heavy atom. The van der Waals surface area contributed by atoms with Gasteiger partial charge in [0.1, 0.15) is 0 Å². The number of H-pyrrole nitrogens is 1. The van der Waals surface area contributed by atoms with Gasteiger partial charge in [-0.1, -0.05) is 23.2 Å². The van der Waals surface area contributed by atoms with Crippen LogP contribution in [-0.4, -0.2) is 16.2 Å². The van der Waals surface area contributed by atoms with Crippen molar-refractivity contribution in [3.63, 3.8) is 0 Å². The first kappa shape index (κ1) is 13.6. The number of anilines is 1. The fraction of sp³-hybridized carbons (Fsp3) is 0.0833. The fourth-order valence-electron chi connectivity index (χ4n) is 1.45. The largest absolute Gasteiger partial charge is 0.291 e. The van der Waals surface area contributed by atoms with Gasteiger partial charge in [-0.25, -0.2) is 10.4 Å². The molecule has 2 rings (SSSR count). The van der Waals surface area contributed by atoms with Crippen molar-refractivity contribution in [2.45, 2.75) is 6.92 Å². The van der Waals surface area contributed by atoms with Crippen LogP contribution in [0, 0.1) is 6.92 Å². The average Bonchev–Trinajstić information content (AvgIpc) is 2.26. The molecule has 19 heavy (non-hydrogen) atoms. The summed E-state index contributed by atoms with van der Waals surface area (Å²) in [6.45, 7) is 1.72. The van der Waals surface area contributed by atoms with Crippen LogP contribution >= 0.6 is 23.2 Å². The lowest BCUT2D eigenvalue weighted by molar-refractivity contribution is 1.04. The zero-order valence-electron chi connectivity index (χ0n) is 9.95. The monoisotopic (exact) mass is 296 g/mol. The maximum Gasteiger partial charge on any atom is 0.252 e. The molecule has 5 nitrogen and oxygen atoms in total. The number of halogens is 2. The second kappa shape index (κ2) is 5.86. The highest BCUT2D eigenvalue weighted by Crippen LogP contribution is 2.17. The third kappa shape index (κ3) is 4.08. The first-order valence-corrected chi connectivity index (χ1v) is 6.12. The van der Waals surface area contributed by atoms with E-state index in [0.29, 0.717) is 15.7 Å². The molecule has 0 unspecified atom stereocenters. The molecule has 0 radical (unpaired) electrons. The smallest absolute Gasteiger partial charge is 0.252 e. The molecule has 0 amide bonds. The lowest BCUT2D eigenvalue weighted by Gasteiger charge is -2.00. The summed E-state index contributed by atoms with van der Waals surface area (Å²) in [4.78, 5) is 17.8. The van der Waals surface area contributed by atoms with Gasteiger partial charge >= 0.3 is 0 Å². The van der Waals surface area contributed by atoms with Gasteiger partial charge in [-0.2, -0.15) is 5.10 Å². The predicted octanol–water partition coefficient (Wildman–Crippen LogP) is 2.83. The number of hydrogen-bond donors (Lipinski definition) is 2. The van der Waals surface area contributed by atoms with Crippen molar-refractivity contribution in [3.05, 3.63) is 55.9 Å².